The fourth-order valence-electron chi connectivity index (χ4n) is 0.660. The zero-order chi connectivity index (χ0) is 8.85. The van der Waals surface area contributed by atoms with E-state index in [4.69, 9.17) is 0 Å². The number of ketones is 1. The lowest BCUT2D eigenvalue weighted by atomic mass is 10.1. The molecular formula is C7H12O4. The molecule has 0 rings (SSSR count). The van der Waals surface area contributed by atoms with Gasteiger partial charge in [0, 0.05) is 7.11 Å². The van der Waals surface area contributed by atoms with Crippen molar-refractivity contribution >= 4 is 11.8 Å². The molecule has 1 atom stereocenters. The minimum absolute atomic E-state index is 0.0853. The molecule has 0 fully saturated rings. The van der Waals surface area contributed by atoms with Gasteiger partial charge >= 0.3 is 5.97 Å². The van der Waals surface area contributed by atoms with E-state index in [1.165, 1.54) is 21.1 Å². The van der Waals surface area contributed by atoms with Gasteiger partial charge in [-0.15, -0.1) is 0 Å². The fraction of sp³-hybridized carbons (Fsp3) is 0.714. The third-order valence-electron chi connectivity index (χ3n) is 1.31. The van der Waals surface area contributed by atoms with Crippen molar-refractivity contribution < 1.29 is 19.1 Å². The molecule has 0 radical (unpaired) electrons. The summed E-state index contributed by atoms with van der Waals surface area (Å²) in [6.07, 6.45) is 0. The number of Topliss-reactive ketones (excluding diaryl/α,β-unsaturated/α-hetero) is 1. The number of hydrogen-bond acceptors (Lipinski definition) is 4. The lowest BCUT2D eigenvalue weighted by Crippen LogP contribution is -2.27. The lowest BCUT2D eigenvalue weighted by molar-refractivity contribution is -0.150. The molecule has 0 aliphatic rings. The summed E-state index contributed by atoms with van der Waals surface area (Å²) in [6, 6.07) is 0. The molecule has 4 nitrogen and oxygen atoms in total. The molecule has 11 heavy (non-hydrogen) atoms. The van der Waals surface area contributed by atoms with Crippen molar-refractivity contribution in [2.45, 2.75) is 6.92 Å². The van der Waals surface area contributed by atoms with Crippen molar-refractivity contribution in [3.63, 3.8) is 0 Å². The van der Waals surface area contributed by atoms with Gasteiger partial charge in [0.15, 0.2) is 0 Å². The van der Waals surface area contributed by atoms with E-state index in [-0.39, 0.29) is 12.4 Å². The van der Waals surface area contributed by atoms with Gasteiger partial charge in [-0.3, -0.25) is 9.59 Å². The first-order valence-electron chi connectivity index (χ1n) is 3.20. The van der Waals surface area contributed by atoms with Crippen LogP contribution in [-0.2, 0) is 19.1 Å². The predicted molar refractivity (Wildman–Crippen MR) is 38.1 cm³/mol. The highest BCUT2D eigenvalue weighted by atomic mass is 16.5. The summed E-state index contributed by atoms with van der Waals surface area (Å²) < 4.78 is 9.05. The second-order valence-electron chi connectivity index (χ2n) is 2.14. The van der Waals surface area contributed by atoms with Crippen molar-refractivity contribution in [3.8, 4) is 0 Å². The minimum Gasteiger partial charge on any atom is -0.468 e. The smallest absolute Gasteiger partial charge is 0.318 e. The van der Waals surface area contributed by atoms with Gasteiger partial charge in [0.05, 0.1) is 13.7 Å². The molecule has 0 spiro atoms. The summed E-state index contributed by atoms with van der Waals surface area (Å²) in [5.74, 6) is -1.55. The molecular weight excluding hydrogens is 148 g/mol. The maximum atomic E-state index is 10.8. The molecule has 1 unspecified atom stereocenters. The number of hydrogen-bond donors (Lipinski definition) is 0. The van der Waals surface area contributed by atoms with Crippen LogP contribution in [0.25, 0.3) is 0 Å². The zero-order valence-corrected chi connectivity index (χ0v) is 6.92. The number of ether oxygens (including phenoxy) is 2. The maximum absolute atomic E-state index is 10.8. The monoisotopic (exact) mass is 160 g/mol. The Balaban J connectivity index is 4.09. The van der Waals surface area contributed by atoms with Gasteiger partial charge in [-0.05, 0) is 6.92 Å². The SMILES string of the molecule is COCC(C(C)=O)C(=O)OC. The van der Waals surface area contributed by atoms with Gasteiger partial charge in [0.25, 0.3) is 0 Å². The molecule has 0 saturated heterocycles. The van der Waals surface area contributed by atoms with E-state index in [1.807, 2.05) is 0 Å². The van der Waals surface area contributed by atoms with E-state index in [0.717, 1.165) is 0 Å². The van der Waals surface area contributed by atoms with Crippen LogP contribution < -0.4 is 0 Å². The van der Waals surface area contributed by atoms with Gasteiger partial charge in [0.1, 0.15) is 11.7 Å². The lowest BCUT2D eigenvalue weighted by Gasteiger charge is -2.08. The number of carbonyl (C=O) groups is 2. The van der Waals surface area contributed by atoms with Gasteiger partial charge in [-0.25, -0.2) is 0 Å². The minimum atomic E-state index is -0.773. The van der Waals surface area contributed by atoms with Crippen LogP contribution in [0.15, 0.2) is 0 Å². The normalized spacial score (nSPS) is 12.3. The van der Waals surface area contributed by atoms with Crippen LogP contribution in [0.1, 0.15) is 6.92 Å². The van der Waals surface area contributed by atoms with E-state index in [9.17, 15) is 9.59 Å². The van der Waals surface area contributed by atoms with E-state index < -0.39 is 11.9 Å². The van der Waals surface area contributed by atoms with E-state index in [0.29, 0.717) is 0 Å². The Kier molecular flexibility index (Phi) is 4.45. The van der Waals surface area contributed by atoms with Gasteiger partial charge in [0.2, 0.25) is 0 Å². The van der Waals surface area contributed by atoms with Crippen molar-refractivity contribution in [2.24, 2.45) is 5.92 Å². The maximum Gasteiger partial charge on any atom is 0.318 e. The Labute approximate surface area is 65.5 Å². The molecule has 0 aliphatic carbocycles. The van der Waals surface area contributed by atoms with Gasteiger partial charge in [-0.1, -0.05) is 0 Å². The Morgan fingerprint density at radius 2 is 1.91 bits per heavy atom. The van der Waals surface area contributed by atoms with Gasteiger partial charge < -0.3 is 9.47 Å². The molecule has 0 bridgehead atoms. The molecule has 0 heterocycles. The third-order valence-corrected chi connectivity index (χ3v) is 1.31. The highest BCUT2D eigenvalue weighted by Gasteiger charge is 2.23. The second-order valence-corrected chi connectivity index (χ2v) is 2.14. The second kappa shape index (κ2) is 4.85. The van der Waals surface area contributed by atoms with Crippen LogP contribution in [0, 0.1) is 5.92 Å². The molecule has 0 aromatic heterocycles. The van der Waals surface area contributed by atoms with Crippen molar-refractivity contribution in [2.75, 3.05) is 20.8 Å². The Morgan fingerprint density at radius 3 is 2.18 bits per heavy atom. The van der Waals surface area contributed by atoms with Crippen LogP contribution in [0.3, 0.4) is 0 Å². The Hall–Kier alpha value is -0.900. The molecule has 0 amide bonds. The molecule has 4 heteroatoms. The number of rotatable bonds is 4. The largest absolute Gasteiger partial charge is 0.468 e. The third kappa shape index (κ3) is 3.13. The van der Waals surface area contributed by atoms with Crippen LogP contribution in [0.2, 0.25) is 0 Å². The molecule has 0 N–H and O–H groups in total. The van der Waals surface area contributed by atoms with E-state index in [2.05, 4.69) is 9.47 Å². The standard InChI is InChI=1S/C7H12O4/c1-5(8)6(4-10-2)7(9)11-3/h6H,4H2,1-3H3. The first-order chi connectivity index (χ1) is 5.13. The first kappa shape index (κ1) is 10.1. The number of methoxy groups -OCH3 is 2. The summed E-state index contributed by atoms with van der Waals surface area (Å²) in [5.41, 5.74) is 0. The van der Waals surface area contributed by atoms with Crippen LogP contribution >= 0.6 is 0 Å². The Morgan fingerprint density at radius 1 is 1.36 bits per heavy atom. The molecule has 0 aromatic carbocycles. The van der Waals surface area contributed by atoms with Crippen molar-refractivity contribution in [1.82, 2.24) is 0 Å². The fourth-order valence-corrected chi connectivity index (χ4v) is 0.660. The topological polar surface area (TPSA) is 52.6 Å². The number of esters is 1. The summed E-state index contributed by atoms with van der Waals surface area (Å²) in [5, 5.41) is 0. The quantitative estimate of drug-likeness (QED) is 0.429. The molecule has 64 valence electrons. The van der Waals surface area contributed by atoms with E-state index in [1.54, 1.807) is 0 Å². The van der Waals surface area contributed by atoms with Crippen molar-refractivity contribution in [3.05, 3.63) is 0 Å². The molecule has 0 aliphatic heterocycles. The molecule has 0 aromatic rings. The summed E-state index contributed by atoms with van der Waals surface area (Å²) in [4.78, 5) is 21.6. The van der Waals surface area contributed by atoms with Crippen LogP contribution in [-0.4, -0.2) is 32.6 Å². The average Bonchev–Trinajstić information content (AvgIpc) is 1.98. The molecule has 0 saturated carbocycles. The predicted octanol–water partition coefficient (Wildman–Crippen LogP) is 0.0110. The summed E-state index contributed by atoms with van der Waals surface area (Å²) >= 11 is 0. The highest BCUT2D eigenvalue weighted by molar-refractivity contribution is 5.97. The summed E-state index contributed by atoms with van der Waals surface area (Å²) in [7, 11) is 2.67. The first-order valence-corrected chi connectivity index (χ1v) is 3.20. The number of carbonyl (C=O) groups excluding carboxylic acids is 2. The van der Waals surface area contributed by atoms with E-state index >= 15 is 0 Å². The highest BCUT2D eigenvalue weighted by Crippen LogP contribution is 2.00. The average molecular weight is 160 g/mol. The Bertz CT molecular complexity index is 153. The van der Waals surface area contributed by atoms with Gasteiger partial charge in [-0.2, -0.15) is 0 Å². The van der Waals surface area contributed by atoms with Crippen LogP contribution in [0.4, 0.5) is 0 Å². The van der Waals surface area contributed by atoms with Crippen molar-refractivity contribution in [1.29, 1.82) is 0 Å². The van der Waals surface area contributed by atoms with Crippen LogP contribution in [0.5, 0.6) is 0 Å². The zero-order valence-electron chi connectivity index (χ0n) is 6.92. The summed E-state index contributed by atoms with van der Waals surface area (Å²) in [6.45, 7) is 1.42.